The van der Waals surface area contributed by atoms with Gasteiger partial charge in [0.05, 0.1) is 11.1 Å². The second-order valence-corrected chi connectivity index (χ2v) is 7.89. The zero-order valence-corrected chi connectivity index (χ0v) is 17.4. The van der Waals surface area contributed by atoms with Crippen molar-refractivity contribution in [3.63, 3.8) is 0 Å². The highest BCUT2D eigenvalue weighted by atomic mass is 16.5. The molecule has 0 saturated carbocycles. The van der Waals surface area contributed by atoms with Crippen LogP contribution < -0.4 is 5.32 Å². The van der Waals surface area contributed by atoms with Gasteiger partial charge in [-0.2, -0.15) is 0 Å². The van der Waals surface area contributed by atoms with Crippen molar-refractivity contribution in [3.05, 3.63) is 77.0 Å². The molecular formula is C25H26N2O3. The summed E-state index contributed by atoms with van der Waals surface area (Å²) in [7, 11) is 0. The number of para-hydroxylation sites is 1. The molecule has 0 radical (unpaired) electrons. The first-order valence-corrected chi connectivity index (χ1v) is 10.5. The Balaban J connectivity index is 1.46. The number of benzene rings is 2. The number of carbonyl (C=O) groups is 2. The molecule has 0 aliphatic heterocycles. The first-order chi connectivity index (χ1) is 14.5. The number of pyridine rings is 1. The number of esters is 1. The van der Waals surface area contributed by atoms with Crippen molar-refractivity contribution in [2.24, 2.45) is 0 Å². The average Bonchev–Trinajstić information content (AvgIpc) is 3.23. The molecule has 1 N–H and O–H groups in total. The minimum absolute atomic E-state index is 0.172. The Kier molecular flexibility index (Phi) is 5.79. The summed E-state index contributed by atoms with van der Waals surface area (Å²) in [4.78, 5) is 30.3. The van der Waals surface area contributed by atoms with E-state index >= 15 is 0 Å². The van der Waals surface area contributed by atoms with Gasteiger partial charge in [0.1, 0.15) is 0 Å². The van der Waals surface area contributed by atoms with Crippen molar-refractivity contribution in [2.45, 2.75) is 45.1 Å². The second-order valence-electron chi connectivity index (χ2n) is 7.89. The van der Waals surface area contributed by atoms with E-state index in [2.05, 4.69) is 12.2 Å². The predicted octanol–water partition coefficient (Wildman–Crippen LogP) is 4.19. The van der Waals surface area contributed by atoms with E-state index in [1.165, 1.54) is 0 Å². The summed E-state index contributed by atoms with van der Waals surface area (Å²) in [5.74, 6) is -0.572. The van der Waals surface area contributed by atoms with Crippen molar-refractivity contribution in [1.82, 2.24) is 10.3 Å². The Bertz CT molecular complexity index is 1080. The van der Waals surface area contributed by atoms with E-state index in [0.717, 1.165) is 47.0 Å². The minimum Gasteiger partial charge on any atom is -0.449 e. The van der Waals surface area contributed by atoms with Gasteiger partial charge < -0.3 is 10.1 Å². The highest BCUT2D eigenvalue weighted by Crippen LogP contribution is 2.30. The lowest BCUT2D eigenvalue weighted by molar-refractivity contribution is -0.129. The van der Waals surface area contributed by atoms with E-state index in [-0.39, 0.29) is 11.8 Å². The number of nitrogens with one attached hydrogen (secondary N) is 1. The van der Waals surface area contributed by atoms with Crippen LogP contribution in [0.5, 0.6) is 0 Å². The third kappa shape index (κ3) is 4.06. The van der Waals surface area contributed by atoms with Crippen LogP contribution in [-0.4, -0.2) is 29.5 Å². The number of hydrogen-bond acceptors (Lipinski definition) is 4. The molecule has 5 heteroatoms. The van der Waals surface area contributed by atoms with Crippen molar-refractivity contribution in [2.75, 3.05) is 6.54 Å². The number of carbonyl (C=O) groups excluding carboxylic acids is 2. The maximum atomic E-state index is 13.1. The van der Waals surface area contributed by atoms with Crippen LogP contribution in [0.4, 0.5) is 0 Å². The molecule has 0 saturated heterocycles. The molecule has 1 aliphatic carbocycles. The standard InChI is InChI=1S/C25H26N2O3/c1-16(18-9-4-3-5-10-18)15-26-24(28)17(2)30-25(29)23-19-11-6-7-13-21(19)27-22-14-8-12-20(22)23/h3-7,9-11,13,16-17H,8,12,14-15H2,1-2H3,(H,26,28)/t16-,17+/m0/s1. The van der Waals surface area contributed by atoms with Gasteiger partial charge in [0.25, 0.3) is 5.91 Å². The number of ether oxygens (including phenoxy) is 1. The Morgan fingerprint density at radius 1 is 1.03 bits per heavy atom. The van der Waals surface area contributed by atoms with E-state index in [9.17, 15) is 9.59 Å². The molecule has 0 fully saturated rings. The molecule has 1 aliphatic rings. The Morgan fingerprint density at radius 2 is 1.77 bits per heavy atom. The van der Waals surface area contributed by atoms with Crippen LogP contribution in [0.15, 0.2) is 54.6 Å². The third-order valence-corrected chi connectivity index (χ3v) is 5.73. The maximum absolute atomic E-state index is 13.1. The fraction of sp³-hybridized carbons (Fsp3) is 0.320. The molecule has 3 aromatic rings. The fourth-order valence-corrected chi connectivity index (χ4v) is 4.01. The van der Waals surface area contributed by atoms with Gasteiger partial charge in [-0.1, -0.05) is 55.5 Å². The molecular weight excluding hydrogens is 376 g/mol. The number of aryl methyl sites for hydroxylation is 1. The average molecular weight is 402 g/mol. The Labute approximate surface area is 176 Å². The van der Waals surface area contributed by atoms with E-state index in [4.69, 9.17) is 9.72 Å². The number of fused-ring (bicyclic) bond motifs is 2. The summed E-state index contributed by atoms with van der Waals surface area (Å²) in [5, 5.41) is 3.68. The summed E-state index contributed by atoms with van der Waals surface area (Å²) in [6.45, 7) is 4.15. The number of aromatic nitrogens is 1. The highest BCUT2D eigenvalue weighted by molar-refractivity contribution is 6.05. The van der Waals surface area contributed by atoms with Gasteiger partial charge in [0.15, 0.2) is 6.10 Å². The van der Waals surface area contributed by atoms with E-state index in [1.54, 1.807) is 6.92 Å². The topological polar surface area (TPSA) is 68.3 Å². The summed E-state index contributed by atoms with van der Waals surface area (Å²) >= 11 is 0. The van der Waals surface area contributed by atoms with Crippen LogP contribution in [0.2, 0.25) is 0 Å². The lowest BCUT2D eigenvalue weighted by Crippen LogP contribution is -2.37. The third-order valence-electron chi connectivity index (χ3n) is 5.73. The van der Waals surface area contributed by atoms with E-state index in [0.29, 0.717) is 12.1 Å². The van der Waals surface area contributed by atoms with Crippen LogP contribution in [0.25, 0.3) is 10.9 Å². The van der Waals surface area contributed by atoms with Gasteiger partial charge in [-0.25, -0.2) is 4.79 Å². The number of amides is 1. The van der Waals surface area contributed by atoms with Gasteiger partial charge in [-0.15, -0.1) is 0 Å². The molecule has 1 amide bonds. The van der Waals surface area contributed by atoms with Crippen LogP contribution in [0.3, 0.4) is 0 Å². The molecule has 0 unspecified atom stereocenters. The Hall–Kier alpha value is -3.21. The first kappa shape index (κ1) is 20.1. The molecule has 4 rings (SSSR count). The maximum Gasteiger partial charge on any atom is 0.339 e. The molecule has 5 nitrogen and oxygen atoms in total. The molecule has 1 aromatic heterocycles. The zero-order chi connectivity index (χ0) is 21.1. The van der Waals surface area contributed by atoms with Crippen molar-refractivity contribution in [3.8, 4) is 0 Å². The van der Waals surface area contributed by atoms with Crippen molar-refractivity contribution >= 4 is 22.8 Å². The SMILES string of the molecule is C[C@@H](OC(=O)c1c2c(nc3ccccc13)CCC2)C(=O)NC[C@H](C)c1ccccc1. The van der Waals surface area contributed by atoms with Crippen LogP contribution in [0, 0.1) is 0 Å². The van der Waals surface area contributed by atoms with Gasteiger partial charge in [-0.3, -0.25) is 9.78 Å². The molecule has 154 valence electrons. The lowest BCUT2D eigenvalue weighted by Gasteiger charge is -2.18. The highest BCUT2D eigenvalue weighted by Gasteiger charge is 2.27. The van der Waals surface area contributed by atoms with Crippen LogP contribution in [-0.2, 0) is 22.4 Å². The number of rotatable bonds is 6. The smallest absolute Gasteiger partial charge is 0.339 e. The minimum atomic E-state index is -0.871. The molecule has 1 heterocycles. The monoisotopic (exact) mass is 402 g/mol. The number of nitrogens with zero attached hydrogens (tertiary/aromatic N) is 1. The normalized spacial score (nSPS) is 14.7. The van der Waals surface area contributed by atoms with Gasteiger partial charge >= 0.3 is 5.97 Å². The molecule has 2 atom stereocenters. The van der Waals surface area contributed by atoms with Crippen molar-refractivity contribution < 1.29 is 14.3 Å². The quantitative estimate of drug-likeness (QED) is 0.628. The largest absolute Gasteiger partial charge is 0.449 e. The van der Waals surface area contributed by atoms with Crippen molar-refractivity contribution in [1.29, 1.82) is 0 Å². The van der Waals surface area contributed by atoms with Gasteiger partial charge in [0, 0.05) is 17.6 Å². The first-order valence-electron chi connectivity index (χ1n) is 10.5. The predicted molar refractivity (Wildman–Crippen MR) is 117 cm³/mol. The van der Waals surface area contributed by atoms with E-state index in [1.807, 2.05) is 54.6 Å². The van der Waals surface area contributed by atoms with Gasteiger partial charge in [0.2, 0.25) is 0 Å². The summed E-state index contributed by atoms with van der Waals surface area (Å²) in [6, 6.07) is 17.6. The molecule has 0 bridgehead atoms. The fourth-order valence-electron chi connectivity index (χ4n) is 4.01. The van der Waals surface area contributed by atoms with Crippen LogP contribution in [0.1, 0.15) is 53.4 Å². The van der Waals surface area contributed by atoms with E-state index < -0.39 is 12.1 Å². The lowest BCUT2D eigenvalue weighted by atomic mass is 10.0. The Morgan fingerprint density at radius 3 is 2.57 bits per heavy atom. The van der Waals surface area contributed by atoms with Crippen LogP contribution >= 0.6 is 0 Å². The number of hydrogen-bond donors (Lipinski definition) is 1. The van der Waals surface area contributed by atoms with Gasteiger partial charge in [-0.05, 0) is 49.3 Å². The molecule has 0 spiro atoms. The summed E-state index contributed by atoms with van der Waals surface area (Å²) in [5.41, 5.74) is 4.43. The zero-order valence-electron chi connectivity index (χ0n) is 17.4. The summed E-state index contributed by atoms with van der Waals surface area (Å²) < 4.78 is 5.59. The molecule has 2 aromatic carbocycles. The molecule has 30 heavy (non-hydrogen) atoms. The second kappa shape index (κ2) is 8.66. The summed E-state index contributed by atoms with van der Waals surface area (Å²) in [6.07, 6.45) is 1.79.